The fourth-order valence-corrected chi connectivity index (χ4v) is 1.12. The van der Waals surface area contributed by atoms with Crippen LogP contribution in [0.1, 0.15) is 18.6 Å². The Hall–Kier alpha value is -1.42. The molecule has 0 aliphatic rings. The van der Waals surface area contributed by atoms with Crippen LogP contribution in [0.4, 0.5) is 5.69 Å². The highest BCUT2D eigenvalue weighted by Crippen LogP contribution is 2.25. The topological polar surface area (TPSA) is 52.4 Å². The highest BCUT2D eigenvalue weighted by atomic mass is 16.6. The minimum Gasteiger partial charge on any atom is -0.377 e. The van der Waals surface area contributed by atoms with E-state index in [4.69, 9.17) is 4.74 Å². The summed E-state index contributed by atoms with van der Waals surface area (Å²) in [5.41, 5.74) is 0.715. The largest absolute Gasteiger partial charge is 0.377 e. The normalized spacial score (nSPS) is 12.5. The summed E-state index contributed by atoms with van der Waals surface area (Å²) in [5, 5.41) is 10.6. The van der Waals surface area contributed by atoms with Gasteiger partial charge < -0.3 is 4.74 Å². The van der Waals surface area contributed by atoms with E-state index in [9.17, 15) is 10.1 Å². The summed E-state index contributed by atoms with van der Waals surface area (Å²) in [6, 6.07) is 6.58. The number of ether oxygens (including phenoxy) is 1. The molecule has 0 heterocycles. The van der Waals surface area contributed by atoms with Gasteiger partial charge in [-0.3, -0.25) is 10.1 Å². The predicted octanol–water partition coefficient (Wildman–Crippen LogP) is 2.30. The quantitative estimate of drug-likeness (QED) is 0.531. The molecule has 0 bridgehead atoms. The highest BCUT2D eigenvalue weighted by Gasteiger charge is 2.16. The lowest BCUT2D eigenvalue weighted by Crippen LogP contribution is -2.00. The lowest BCUT2D eigenvalue weighted by atomic mass is 10.1. The van der Waals surface area contributed by atoms with Gasteiger partial charge in [-0.25, -0.2) is 0 Å². The Morgan fingerprint density at radius 2 is 2.08 bits per heavy atom. The molecule has 0 spiro atoms. The van der Waals surface area contributed by atoms with Gasteiger partial charge in [0.25, 0.3) is 5.69 Å². The van der Waals surface area contributed by atoms with Gasteiger partial charge >= 0.3 is 0 Å². The first kappa shape index (κ1) is 9.67. The molecule has 1 aromatic carbocycles. The van der Waals surface area contributed by atoms with Crippen molar-refractivity contribution in [1.29, 1.82) is 0 Å². The number of para-hydroxylation sites is 1. The fraction of sp³-hybridized carbons (Fsp3) is 0.333. The molecular formula is C9H11NO3. The van der Waals surface area contributed by atoms with Crippen LogP contribution in [-0.2, 0) is 4.74 Å². The maximum atomic E-state index is 10.6. The van der Waals surface area contributed by atoms with Crippen molar-refractivity contribution in [2.75, 3.05) is 7.11 Å². The number of rotatable bonds is 3. The number of benzene rings is 1. The summed E-state index contributed by atoms with van der Waals surface area (Å²) in [4.78, 5) is 10.2. The van der Waals surface area contributed by atoms with Gasteiger partial charge in [0, 0.05) is 13.2 Å². The second-order valence-electron chi connectivity index (χ2n) is 2.69. The van der Waals surface area contributed by atoms with Crippen molar-refractivity contribution in [3.05, 3.63) is 39.9 Å². The number of nitrogens with zero attached hydrogens (tertiary/aromatic N) is 1. The first-order valence-electron chi connectivity index (χ1n) is 3.93. The Morgan fingerprint density at radius 3 is 2.62 bits per heavy atom. The van der Waals surface area contributed by atoms with Gasteiger partial charge in [0.15, 0.2) is 0 Å². The Kier molecular flexibility index (Phi) is 2.97. The van der Waals surface area contributed by atoms with E-state index in [1.54, 1.807) is 25.1 Å². The molecule has 0 aliphatic carbocycles. The summed E-state index contributed by atoms with van der Waals surface area (Å²) >= 11 is 0. The first-order valence-corrected chi connectivity index (χ1v) is 3.93. The second kappa shape index (κ2) is 4.00. The summed E-state index contributed by atoms with van der Waals surface area (Å²) in [6.45, 7) is 1.78. The van der Waals surface area contributed by atoms with Crippen molar-refractivity contribution in [2.24, 2.45) is 0 Å². The second-order valence-corrected chi connectivity index (χ2v) is 2.69. The minimum atomic E-state index is -0.398. The Bertz CT molecular complexity index is 311. The molecule has 1 atom stereocenters. The van der Waals surface area contributed by atoms with Gasteiger partial charge in [-0.2, -0.15) is 0 Å². The maximum absolute atomic E-state index is 10.6. The van der Waals surface area contributed by atoms with Gasteiger partial charge in [-0.05, 0) is 13.0 Å². The van der Waals surface area contributed by atoms with Crippen molar-refractivity contribution in [2.45, 2.75) is 13.0 Å². The maximum Gasteiger partial charge on any atom is 0.275 e. The zero-order valence-electron chi connectivity index (χ0n) is 7.56. The Balaban J connectivity index is 3.11. The van der Waals surface area contributed by atoms with E-state index >= 15 is 0 Å². The molecule has 0 aromatic heterocycles. The van der Waals surface area contributed by atoms with Crippen LogP contribution in [0.5, 0.6) is 0 Å². The molecule has 0 fully saturated rings. The van der Waals surface area contributed by atoms with Crippen LogP contribution < -0.4 is 0 Å². The van der Waals surface area contributed by atoms with Crippen LogP contribution in [0, 0.1) is 10.1 Å². The minimum absolute atomic E-state index is 0.108. The number of methoxy groups -OCH3 is 1. The van der Waals surface area contributed by atoms with E-state index < -0.39 is 4.92 Å². The molecule has 1 unspecified atom stereocenters. The molecule has 0 saturated heterocycles. The third kappa shape index (κ3) is 2.03. The highest BCUT2D eigenvalue weighted by molar-refractivity contribution is 5.41. The van der Waals surface area contributed by atoms with Crippen LogP contribution in [0.25, 0.3) is 0 Å². The van der Waals surface area contributed by atoms with Gasteiger partial charge in [-0.1, -0.05) is 12.1 Å². The lowest BCUT2D eigenvalue weighted by Gasteiger charge is -2.09. The van der Waals surface area contributed by atoms with E-state index in [2.05, 4.69) is 0 Å². The Morgan fingerprint density at radius 1 is 1.46 bits per heavy atom. The number of nitro groups is 1. The molecule has 70 valence electrons. The van der Waals surface area contributed by atoms with Crippen LogP contribution in [0.2, 0.25) is 0 Å². The van der Waals surface area contributed by atoms with Crippen molar-refractivity contribution in [3.63, 3.8) is 0 Å². The molecule has 4 nitrogen and oxygen atoms in total. The standard InChI is InChI=1S/C9H11NO3/c1-7(13-2)8-5-3-4-6-9(8)10(11)12/h3-7H,1-2H3. The van der Waals surface area contributed by atoms with E-state index in [0.717, 1.165) is 0 Å². The first-order chi connectivity index (χ1) is 6.16. The summed E-state index contributed by atoms with van der Waals surface area (Å²) in [5.74, 6) is 0. The molecule has 1 aromatic rings. The van der Waals surface area contributed by atoms with E-state index in [-0.39, 0.29) is 11.8 Å². The van der Waals surface area contributed by atoms with E-state index in [1.165, 1.54) is 13.2 Å². The molecule has 0 radical (unpaired) electrons. The summed E-state index contributed by atoms with van der Waals surface area (Å²) < 4.78 is 5.02. The van der Waals surface area contributed by atoms with Crippen molar-refractivity contribution in [3.8, 4) is 0 Å². The van der Waals surface area contributed by atoms with Crippen LogP contribution >= 0.6 is 0 Å². The van der Waals surface area contributed by atoms with Crippen molar-refractivity contribution in [1.82, 2.24) is 0 Å². The Labute approximate surface area is 76.3 Å². The smallest absolute Gasteiger partial charge is 0.275 e. The molecule has 0 aliphatic heterocycles. The summed E-state index contributed by atoms with van der Waals surface area (Å²) in [7, 11) is 1.53. The molecule has 0 amide bonds. The van der Waals surface area contributed by atoms with Gasteiger partial charge in [-0.15, -0.1) is 0 Å². The average Bonchev–Trinajstić information content (AvgIpc) is 2.16. The van der Waals surface area contributed by atoms with Gasteiger partial charge in [0.1, 0.15) is 0 Å². The van der Waals surface area contributed by atoms with Crippen LogP contribution in [-0.4, -0.2) is 12.0 Å². The molecule has 13 heavy (non-hydrogen) atoms. The third-order valence-electron chi connectivity index (χ3n) is 1.92. The van der Waals surface area contributed by atoms with Gasteiger partial charge in [0.2, 0.25) is 0 Å². The fourth-order valence-electron chi connectivity index (χ4n) is 1.12. The van der Waals surface area contributed by atoms with E-state index in [0.29, 0.717) is 5.56 Å². The van der Waals surface area contributed by atoms with Crippen molar-refractivity contribution < 1.29 is 9.66 Å². The zero-order valence-corrected chi connectivity index (χ0v) is 7.56. The van der Waals surface area contributed by atoms with Crippen LogP contribution in [0.15, 0.2) is 24.3 Å². The number of hydrogen-bond donors (Lipinski definition) is 0. The van der Waals surface area contributed by atoms with Crippen molar-refractivity contribution >= 4 is 5.69 Å². The van der Waals surface area contributed by atoms with Gasteiger partial charge in [0.05, 0.1) is 16.6 Å². The molecular weight excluding hydrogens is 170 g/mol. The predicted molar refractivity (Wildman–Crippen MR) is 48.5 cm³/mol. The summed E-state index contributed by atoms with van der Waals surface area (Å²) in [6.07, 6.45) is -0.249. The van der Waals surface area contributed by atoms with E-state index in [1.807, 2.05) is 0 Å². The number of nitro benzene ring substituents is 1. The monoisotopic (exact) mass is 181 g/mol. The third-order valence-corrected chi connectivity index (χ3v) is 1.92. The molecule has 1 rings (SSSR count). The van der Waals surface area contributed by atoms with Crippen LogP contribution in [0.3, 0.4) is 0 Å². The number of hydrogen-bond acceptors (Lipinski definition) is 3. The molecule has 4 heteroatoms. The molecule has 0 saturated carbocycles. The molecule has 0 N–H and O–H groups in total. The zero-order chi connectivity index (χ0) is 9.84. The SMILES string of the molecule is COC(C)c1ccccc1[N+](=O)[O-]. The average molecular weight is 181 g/mol. The lowest BCUT2D eigenvalue weighted by molar-refractivity contribution is -0.386.